The lowest BCUT2D eigenvalue weighted by molar-refractivity contribution is 0.411. The maximum Gasteiger partial charge on any atom is 0.169 e. The van der Waals surface area contributed by atoms with Gasteiger partial charge in [0, 0.05) is 17.2 Å². The Morgan fingerprint density at radius 2 is 1.58 bits per heavy atom. The summed E-state index contributed by atoms with van der Waals surface area (Å²) < 4.78 is 47.6. The number of ether oxygens (including phenoxy) is 1. The van der Waals surface area contributed by atoms with Crippen LogP contribution in [-0.4, -0.2) is 7.11 Å². The number of hydrogen-bond donors (Lipinski definition) is 0. The number of benzene rings is 2. The lowest BCUT2D eigenvalue weighted by Crippen LogP contribution is -1.92. The highest BCUT2D eigenvalue weighted by atomic mass is 19.2. The molecule has 0 aliphatic heterocycles. The van der Waals surface area contributed by atoms with Crippen LogP contribution in [0.3, 0.4) is 0 Å². The number of hydrogen-bond acceptors (Lipinski definition) is 1. The largest absolute Gasteiger partial charge is 0.497 e. The molecule has 4 heteroatoms. The molecule has 2 aromatic carbocycles. The smallest absolute Gasteiger partial charge is 0.169 e. The van der Waals surface area contributed by atoms with Crippen molar-refractivity contribution in [2.75, 3.05) is 7.11 Å². The summed E-state index contributed by atoms with van der Waals surface area (Å²) >= 11 is 0. The first-order valence-corrected chi connectivity index (χ1v) is 9.05. The van der Waals surface area contributed by atoms with Crippen LogP contribution in [0.15, 0.2) is 42.5 Å². The highest BCUT2D eigenvalue weighted by Gasteiger charge is 2.16. The van der Waals surface area contributed by atoms with Crippen molar-refractivity contribution in [1.82, 2.24) is 0 Å². The zero-order valence-corrected chi connectivity index (χ0v) is 15.3. The van der Waals surface area contributed by atoms with Gasteiger partial charge in [-0.25, -0.2) is 13.2 Å². The molecule has 1 nitrogen and oxygen atoms in total. The van der Waals surface area contributed by atoms with E-state index in [4.69, 9.17) is 4.74 Å². The van der Waals surface area contributed by atoms with Crippen molar-refractivity contribution in [2.45, 2.75) is 45.4 Å². The van der Waals surface area contributed by atoms with Crippen LogP contribution in [0.5, 0.6) is 5.75 Å². The van der Waals surface area contributed by atoms with E-state index >= 15 is 0 Å². The molecule has 26 heavy (non-hydrogen) atoms. The molecule has 0 amide bonds. The molecule has 0 radical (unpaired) electrons. The van der Waals surface area contributed by atoms with Crippen LogP contribution in [-0.2, 0) is 6.42 Å². The lowest BCUT2D eigenvalue weighted by Gasteiger charge is -2.07. The van der Waals surface area contributed by atoms with Gasteiger partial charge in [0.05, 0.1) is 7.11 Å². The van der Waals surface area contributed by atoms with Gasteiger partial charge in [-0.2, -0.15) is 0 Å². The van der Waals surface area contributed by atoms with E-state index < -0.39 is 23.0 Å². The number of aryl methyl sites for hydroxylation is 1. The Hall–Kier alpha value is -2.23. The Bertz CT molecular complexity index is 736. The molecule has 0 atom stereocenters. The van der Waals surface area contributed by atoms with Gasteiger partial charge in [0.2, 0.25) is 0 Å². The van der Waals surface area contributed by atoms with Crippen molar-refractivity contribution in [2.24, 2.45) is 0 Å². The maximum absolute atomic E-state index is 14.4. The van der Waals surface area contributed by atoms with Gasteiger partial charge in [0.1, 0.15) is 11.6 Å². The van der Waals surface area contributed by atoms with E-state index in [0.29, 0.717) is 0 Å². The molecule has 0 N–H and O–H groups in total. The van der Waals surface area contributed by atoms with Crippen LogP contribution in [0.2, 0.25) is 0 Å². The summed E-state index contributed by atoms with van der Waals surface area (Å²) in [5.41, 5.74) is 0.782. The molecule has 0 unspecified atom stereocenters. The van der Waals surface area contributed by atoms with Crippen LogP contribution in [0.25, 0.3) is 11.7 Å². The molecule has 0 heterocycles. The standard InChI is InChI=1S/C22H25F3O/c1-3-4-5-6-7-8-16-9-11-17(12-10-16)21(24)22(25)19-14-13-18(26-2)15-20(19)23/h9-15H,3-8H2,1-2H3/b22-21+. The molecule has 2 aromatic rings. The normalized spacial score (nSPS) is 12.0. The van der Waals surface area contributed by atoms with E-state index in [1.165, 1.54) is 57.1 Å². The topological polar surface area (TPSA) is 9.23 Å². The van der Waals surface area contributed by atoms with Gasteiger partial charge in [-0.1, -0.05) is 56.9 Å². The Morgan fingerprint density at radius 3 is 2.19 bits per heavy atom. The Morgan fingerprint density at radius 1 is 0.885 bits per heavy atom. The third kappa shape index (κ3) is 5.38. The average Bonchev–Trinajstić information content (AvgIpc) is 2.67. The van der Waals surface area contributed by atoms with Gasteiger partial charge < -0.3 is 4.74 Å². The molecule has 140 valence electrons. The van der Waals surface area contributed by atoms with Crippen molar-refractivity contribution in [3.63, 3.8) is 0 Å². The summed E-state index contributed by atoms with van der Waals surface area (Å²) in [5.74, 6) is -2.88. The molecular weight excluding hydrogens is 337 g/mol. The minimum absolute atomic E-state index is 0.104. The summed E-state index contributed by atoms with van der Waals surface area (Å²) in [6.07, 6.45) is 6.87. The predicted molar refractivity (Wildman–Crippen MR) is 101 cm³/mol. The molecule has 0 aliphatic rings. The van der Waals surface area contributed by atoms with E-state index in [1.54, 1.807) is 12.1 Å². The van der Waals surface area contributed by atoms with E-state index in [2.05, 4.69) is 6.92 Å². The second-order valence-electron chi connectivity index (χ2n) is 6.33. The fourth-order valence-corrected chi connectivity index (χ4v) is 2.80. The second kappa shape index (κ2) is 10.0. The van der Waals surface area contributed by atoms with Gasteiger partial charge in [-0.05, 0) is 30.5 Å². The number of halogens is 3. The summed E-state index contributed by atoms with van der Waals surface area (Å²) in [7, 11) is 1.38. The molecule has 0 bridgehead atoms. The first kappa shape index (κ1) is 20.1. The van der Waals surface area contributed by atoms with Crippen LogP contribution >= 0.6 is 0 Å². The minimum Gasteiger partial charge on any atom is -0.497 e. The molecule has 2 rings (SSSR count). The van der Waals surface area contributed by atoms with Crippen LogP contribution in [0, 0.1) is 5.82 Å². The molecule has 0 saturated carbocycles. The SMILES string of the molecule is CCCCCCCc1ccc(/C(F)=C(\F)c2ccc(OC)cc2F)cc1. The van der Waals surface area contributed by atoms with Gasteiger partial charge in [0.25, 0.3) is 0 Å². The lowest BCUT2D eigenvalue weighted by atomic mass is 10.0. The van der Waals surface area contributed by atoms with E-state index in [1.807, 2.05) is 0 Å². The molecule has 0 aliphatic carbocycles. The van der Waals surface area contributed by atoms with Crippen molar-refractivity contribution in [3.05, 3.63) is 65.0 Å². The number of rotatable bonds is 9. The summed E-state index contributed by atoms with van der Waals surface area (Å²) in [6.45, 7) is 2.18. The summed E-state index contributed by atoms with van der Waals surface area (Å²) in [6, 6.07) is 10.3. The van der Waals surface area contributed by atoms with Gasteiger partial charge in [0.15, 0.2) is 11.7 Å². The van der Waals surface area contributed by atoms with E-state index in [9.17, 15) is 13.2 Å². The molecule has 0 aromatic heterocycles. The molecule has 0 spiro atoms. The zero-order valence-electron chi connectivity index (χ0n) is 15.3. The zero-order chi connectivity index (χ0) is 18.9. The summed E-state index contributed by atoms with van der Waals surface area (Å²) in [4.78, 5) is 0. The Labute approximate surface area is 153 Å². The summed E-state index contributed by atoms with van der Waals surface area (Å²) in [5, 5.41) is 0. The number of methoxy groups -OCH3 is 1. The van der Waals surface area contributed by atoms with Crippen molar-refractivity contribution < 1.29 is 17.9 Å². The van der Waals surface area contributed by atoms with Gasteiger partial charge in [-0.15, -0.1) is 0 Å². The van der Waals surface area contributed by atoms with Crippen LogP contribution in [0.1, 0.15) is 55.7 Å². The van der Waals surface area contributed by atoms with Gasteiger partial charge in [-0.3, -0.25) is 0 Å². The molecule has 0 saturated heterocycles. The first-order chi connectivity index (χ1) is 12.6. The van der Waals surface area contributed by atoms with Gasteiger partial charge >= 0.3 is 0 Å². The third-order valence-corrected chi connectivity index (χ3v) is 4.38. The van der Waals surface area contributed by atoms with Crippen LogP contribution < -0.4 is 4.74 Å². The average molecular weight is 362 g/mol. The van der Waals surface area contributed by atoms with E-state index in [0.717, 1.165) is 24.5 Å². The maximum atomic E-state index is 14.4. The highest BCUT2D eigenvalue weighted by Crippen LogP contribution is 2.31. The minimum atomic E-state index is -1.21. The first-order valence-electron chi connectivity index (χ1n) is 9.05. The van der Waals surface area contributed by atoms with Crippen molar-refractivity contribution in [1.29, 1.82) is 0 Å². The molecular formula is C22H25F3O. The Kier molecular flexibility index (Phi) is 7.76. The fourth-order valence-electron chi connectivity index (χ4n) is 2.80. The quantitative estimate of drug-likeness (QED) is 0.341. The third-order valence-electron chi connectivity index (χ3n) is 4.38. The number of unbranched alkanes of at least 4 members (excludes halogenated alkanes) is 4. The van der Waals surface area contributed by atoms with Crippen molar-refractivity contribution >= 4 is 11.7 Å². The fraction of sp³-hybridized carbons (Fsp3) is 0.364. The predicted octanol–water partition coefficient (Wildman–Crippen LogP) is 7.11. The van der Waals surface area contributed by atoms with Crippen molar-refractivity contribution in [3.8, 4) is 5.75 Å². The second-order valence-corrected chi connectivity index (χ2v) is 6.33. The van der Waals surface area contributed by atoms with E-state index in [-0.39, 0.29) is 11.3 Å². The Balaban J connectivity index is 2.08. The highest BCUT2D eigenvalue weighted by molar-refractivity contribution is 5.83. The monoisotopic (exact) mass is 362 g/mol. The van der Waals surface area contributed by atoms with Crippen LogP contribution in [0.4, 0.5) is 13.2 Å². The molecule has 0 fully saturated rings.